The zero-order chi connectivity index (χ0) is 11.9. The number of nitrogens with zero attached hydrogens (tertiary/aromatic N) is 1. The third kappa shape index (κ3) is 4.68. The Morgan fingerprint density at radius 1 is 1.33 bits per heavy atom. The van der Waals surface area contributed by atoms with Crippen LogP contribution in [0, 0.1) is 11.8 Å². The predicted octanol–water partition coefficient (Wildman–Crippen LogP) is 2.11. The Balaban J connectivity index is 4.40. The Labute approximate surface area is 95.4 Å². The summed E-state index contributed by atoms with van der Waals surface area (Å²) in [7, 11) is 4.27. The molecule has 1 atom stereocenters. The van der Waals surface area contributed by atoms with Crippen molar-refractivity contribution in [1.82, 2.24) is 10.2 Å². The highest BCUT2D eigenvalue weighted by molar-refractivity contribution is 4.99. The molecule has 0 aliphatic carbocycles. The van der Waals surface area contributed by atoms with Crippen molar-refractivity contribution in [3.63, 3.8) is 0 Å². The molecular formula is C13H26N2. The monoisotopic (exact) mass is 210 g/mol. The van der Waals surface area contributed by atoms with Gasteiger partial charge in [0.2, 0.25) is 0 Å². The van der Waals surface area contributed by atoms with Crippen molar-refractivity contribution in [1.29, 1.82) is 0 Å². The predicted molar refractivity (Wildman–Crippen MR) is 67.9 cm³/mol. The first-order valence-corrected chi connectivity index (χ1v) is 5.77. The van der Waals surface area contributed by atoms with E-state index in [1.54, 1.807) is 0 Å². The molecule has 0 heterocycles. The van der Waals surface area contributed by atoms with Crippen LogP contribution in [0.1, 0.15) is 40.5 Å². The molecule has 1 unspecified atom stereocenters. The maximum Gasteiger partial charge on any atom is 0.0300 e. The van der Waals surface area contributed by atoms with E-state index in [0.717, 1.165) is 19.4 Å². The van der Waals surface area contributed by atoms with E-state index >= 15 is 0 Å². The van der Waals surface area contributed by atoms with Crippen LogP contribution in [0.4, 0.5) is 0 Å². The number of hydrogen-bond donors (Lipinski definition) is 1. The third-order valence-electron chi connectivity index (χ3n) is 3.19. The van der Waals surface area contributed by atoms with Crippen LogP contribution in [0.15, 0.2) is 0 Å². The van der Waals surface area contributed by atoms with Crippen LogP contribution in [-0.4, -0.2) is 37.1 Å². The fourth-order valence-corrected chi connectivity index (χ4v) is 1.60. The average molecular weight is 210 g/mol. The van der Waals surface area contributed by atoms with Crippen LogP contribution >= 0.6 is 0 Å². The lowest BCUT2D eigenvalue weighted by molar-refractivity contribution is 0.134. The molecule has 0 aliphatic heterocycles. The zero-order valence-corrected chi connectivity index (χ0v) is 11.1. The van der Waals surface area contributed by atoms with E-state index in [1.807, 2.05) is 6.92 Å². The van der Waals surface area contributed by atoms with E-state index in [4.69, 9.17) is 0 Å². The molecule has 0 fully saturated rings. The molecule has 0 spiro atoms. The normalized spacial score (nSPS) is 13.5. The summed E-state index contributed by atoms with van der Waals surface area (Å²) in [6, 6.07) is 0.498. The fraction of sp³-hybridized carbons (Fsp3) is 0.846. The molecule has 0 saturated carbocycles. The molecule has 0 rings (SSSR count). The molecule has 0 amide bonds. The van der Waals surface area contributed by atoms with Crippen molar-refractivity contribution < 1.29 is 0 Å². The smallest absolute Gasteiger partial charge is 0.0300 e. The highest BCUT2D eigenvalue weighted by atomic mass is 15.2. The van der Waals surface area contributed by atoms with E-state index in [9.17, 15) is 0 Å². The van der Waals surface area contributed by atoms with Gasteiger partial charge in [-0.15, -0.1) is 11.8 Å². The van der Waals surface area contributed by atoms with E-state index < -0.39 is 0 Å². The lowest BCUT2D eigenvalue weighted by Gasteiger charge is -2.40. The average Bonchev–Trinajstić information content (AvgIpc) is 2.16. The summed E-state index contributed by atoms with van der Waals surface area (Å²) >= 11 is 0. The van der Waals surface area contributed by atoms with Crippen molar-refractivity contribution in [2.75, 3.05) is 20.6 Å². The quantitative estimate of drug-likeness (QED) is 0.676. The van der Waals surface area contributed by atoms with Crippen LogP contribution in [0.25, 0.3) is 0 Å². The lowest BCUT2D eigenvalue weighted by Crippen LogP contribution is -2.55. The first kappa shape index (κ1) is 14.5. The third-order valence-corrected chi connectivity index (χ3v) is 3.19. The van der Waals surface area contributed by atoms with Crippen molar-refractivity contribution >= 4 is 0 Å². The van der Waals surface area contributed by atoms with Gasteiger partial charge in [-0.2, -0.15) is 0 Å². The zero-order valence-electron chi connectivity index (χ0n) is 11.1. The second-order valence-electron chi connectivity index (χ2n) is 4.62. The summed E-state index contributed by atoms with van der Waals surface area (Å²) in [5.41, 5.74) is 0.172. The molecule has 0 radical (unpaired) electrons. The molecule has 0 aromatic carbocycles. The maximum atomic E-state index is 3.55. The second-order valence-corrected chi connectivity index (χ2v) is 4.62. The summed E-state index contributed by atoms with van der Waals surface area (Å²) in [6.45, 7) is 9.63. The van der Waals surface area contributed by atoms with Gasteiger partial charge in [0, 0.05) is 18.0 Å². The molecule has 0 aliphatic rings. The summed E-state index contributed by atoms with van der Waals surface area (Å²) in [4.78, 5) is 2.28. The summed E-state index contributed by atoms with van der Waals surface area (Å²) in [6.07, 6.45) is 2.09. The number of likely N-dealkylation sites (N-methyl/N-ethyl adjacent to an activating group) is 2. The maximum absolute atomic E-state index is 3.55. The topological polar surface area (TPSA) is 15.3 Å². The van der Waals surface area contributed by atoms with Gasteiger partial charge in [-0.25, -0.2) is 0 Å². The largest absolute Gasteiger partial charge is 0.312 e. The summed E-state index contributed by atoms with van der Waals surface area (Å²) in [5, 5.41) is 3.55. The molecule has 15 heavy (non-hydrogen) atoms. The highest BCUT2D eigenvalue weighted by Gasteiger charge is 2.30. The molecule has 0 aromatic heterocycles. The van der Waals surface area contributed by atoms with Gasteiger partial charge in [0.15, 0.2) is 0 Å². The van der Waals surface area contributed by atoms with Gasteiger partial charge in [-0.05, 0) is 47.8 Å². The highest BCUT2D eigenvalue weighted by Crippen LogP contribution is 2.19. The van der Waals surface area contributed by atoms with Gasteiger partial charge in [-0.3, -0.25) is 0 Å². The molecular weight excluding hydrogens is 184 g/mol. The van der Waals surface area contributed by atoms with Gasteiger partial charge in [0.25, 0.3) is 0 Å². The van der Waals surface area contributed by atoms with Gasteiger partial charge in [0.05, 0.1) is 0 Å². The van der Waals surface area contributed by atoms with E-state index in [2.05, 4.69) is 56.9 Å². The SMILES string of the molecule is CC#CCCC(NCC)C(C)(C)N(C)C. The Morgan fingerprint density at radius 2 is 1.93 bits per heavy atom. The Bertz CT molecular complexity index is 220. The summed E-state index contributed by atoms with van der Waals surface area (Å²) in [5.74, 6) is 6.09. The molecule has 2 heteroatoms. The first-order chi connectivity index (χ1) is 6.96. The second kappa shape index (κ2) is 6.87. The van der Waals surface area contributed by atoms with E-state index in [1.165, 1.54) is 0 Å². The molecule has 88 valence electrons. The standard InChI is InChI=1S/C13H26N2/c1-7-9-10-11-12(14-8-2)13(3,4)15(5)6/h12,14H,8,10-11H2,1-6H3. The Kier molecular flexibility index (Phi) is 6.63. The fourth-order valence-electron chi connectivity index (χ4n) is 1.60. The molecule has 0 saturated heterocycles. The lowest BCUT2D eigenvalue weighted by atomic mass is 9.89. The summed E-state index contributed by atoms with van der Waals surface area (Å²) < 4.78 is 0. The van der Waals surface area contributed by atoms with Crippen LogP contribution < -0.4 is 5.32 Å². The van der Waals surface area contributed by atoms with Crippen molar-refractivity contribution in [3.05, 3.63) is 0 Å². The molecule has 2 nitrogen and oxygen atoms in total. The Morgan fingerprint density at radius 3 is 2.33 bits per heavy atom. The minimum absolute atomic E-state index is 0.172. The van der Waals surface area contributed by atoms with Gasteiger partial charge in [0.1, 0.15) is 0 Å². The Hall–Kier alpha value is -0.520. The number of rotatable bonds is 6. The van der Waals surface area contributed by atoms with Gasteiger partial charge >= 0.3 is 0 Å². The van der Waals surface area contributed by atoms with E-state index in [-0.39, 0.29) is 5.54 Å². The van der Waals surface area contributed by atoms with Gasteiger partial charge < -0.3 is 10.2 Å². The van der Waals surface area contributed by atoms with Crippen LogP contribution in [0.3, 0.4) is 0 Å². The van der Waals surface area contributed by atoms with Crippen molar-refractivity contribution in [2.24, 2.45) is 0 Å². The van der Waals surface area contributed by atoms with Gasteiger partial charge in [-0.1, -0.05) is 6.92 Å². The van der Waals surface area contributed by atoms with Crippen molar-refractivity contribution in [2.45, 2.75) is 52.1 Å². The molecule has 0 bridgehead atoms. The number of hydrogen-bond acceptors (Lipinski definition) is 2. The minimum atomic E-state index is 0.172. The van der Waals surface area contributed by atoms with Crippen LogP contribution in [0.2, 0.25) is 0 Å². The van der Waals surface area contributed by atoms with Crippen LogP contribution in [0.5, 0.6) is 0 Å². The minimum Gasteiger partial charge on any atom is -0.312 e. The number of nitrogens with one attached hydrogen (secondary N) is 1. The molecule has 1 N–H and O–H groups in total. The van der Waals surface area contributed by atoms with E-state index in [0.29, 0.717) is 6.04 Å². The molecule has 0 aromatic rings. The van der Waals surface area contributed by atoms with Crippen LogP contribution in [-0.2, 0) is 0 Å². The van der Waals surface area contributed by atoms with Crippen molar-refractivity contribution in [3.8, 4) is 11.8 Å². The first-order valence-electron chi connectivity index (χ1n) is 5.77.